The van der Waals surface area contributed by atoms with Gasteiger partial charge in [0, 0.05) is 24.3 Å². The molecule has 0 unspecified atom stereocenters. The third-order valence-electron chi connectivity index (χ3n) is 6.24. The summed E-state index contributed by atoms with van der Waals surface area (Å²) in [4.78, 5) is 15.1. The number of sulfonamides is 1. The molecule has 1 amide bonds. The van der Waals surface area contributed by atoms with Crippen molar-refractivity contribution in [3.05, 3.63) is 59.7 Å². The van der Waals surface area contributed by atoms with Crippen LogP contribution >= 0.6 is 0 Å². The smallest absolute Gasteiger partial charge is 0.261 e. The molecule has 2 aromatic carbocycles. The van der Waals surface area contributed by atoms with E-state index in [0.29, 0.717) is 17.2 Å². The number of piperidine rings is 1. The van der Waals surface area contributed by atoms with Crippen molar-refractivity contribution in [2.75, 3.05) is 17.8 Å². The zero-order valence-electron chi connectivity index (χ0n) is 16.8. The molecule has 1 aliphatic carbocycles. The Kier molecular flexibility index (Phi) is 5.63. The minimum Gasteiger partial charge on any atom is -0.338 e. The predicted octanol–water partition coefficient (Wildman–Crippen LogP) is 4.45. The second-order valence-electron chi connectivity index (χ2n) is 8.35. The van der Waals surface area contributed by atoms with Crippen molar-refractivity contribution in [2.24, 2.45) is 11.8 Å². The molecule has 2 fully saturated rings. The van der Waals surface area contributed by atoms with E-state index in [9.17, 15) is 13.2 Å². The Labute approximate surface area is 173 Å². The van der Waals surface area contributed by atoms with E-state index in [2.05, 4.69) is 4.72 Å². The van der Waals surface area contributed by atoms with Crippen LogP contribution in [-0.2, 0) is 10.0 Å². The summed E-state index contributed by atoms with van der Waals surface area (Å²) in [5, 5.41) is 0. The molecule has 6 heteroatoms. The summed E-state index contributed by atoms with van der Waals surface area (Å²) < 4.78 is 28.2. The molecule has 1 N–H and O–H groups in total. The Morgan fingerprint density at radius 1 is 1.00 bits per heavy atom. The fraction of sp³-hybridized carbons (Fsp3) is 0.435. The summed E-state index contributed by atoms with van der Waals surface area (Å²) in [7, 11) is -3.76. The van der Waals surface area contributed by atoms with Gasteiger partial charge in [0.1, 0.15) is 0 Å². The maximum atomic E-state index is 13.1. The second kappa shape index (κ2) is 8.19. The number of nitrogens with zero attached hydrogens (tertiary/aromatic N) is 1. The van der Waals surface area contributed by atoms with Crippen molar-refractivity contribution >= 4 is 21.6 Å². The lowest BCUT2D eigenvalue weighted by molar-refractivity contribution is 0.0520. The molecule has 0 radical (unpaired) electrons. The van der Waals surface area contributed by atoms with Crippen molar-refractivity contribution in [2.45, 2.75) is 43.9 Å². The molecule has 0 aromatic heterocycles. The number of carbonyl (C=O) groups excluding carboxylic acids is 1. The molecule has 2 aromatic rings. The first kappa shape index (κ1) is 20.0. The predicted molar refractivity (Wildman–Crippen MR) is 114 cm³/mol. The molecule has 1 saturated carbocycles. The van der Waals surface area contributed by atoms with Gasteiger partial charge in [0.25, 0.3) is 15.9 Å². The van der Waals surface area contributed by atoms with E-state index in [4.69, 9.17) is 0 Å². The summed E-state index contributed by atoms with van der Waals surface area (Å²) in [6.07, 6.45) is 6.10. The maximum absolute atomic E-state index is 13.1. The quantitative estimate of drug-likeness (QED) is 0.807. The minimum absolute atomic E-state index is 0.0679. The number of aryl methyl sites for hydroxylation is 1. The standard InChI is InChI=1S/C23H28N2O3S/c1-17-6-4-10-21(14-17)24-29(27,28)22-11-5-9-19(15-22)23(26)25-13-12-18-7-2-3-8-20(18)16-25/h4-6,9-11,14-15,18,20,24H,2-3,7-8,12-13,16H2,1H3/t18-,20+/m0/s1. The van der Waals surface area contributed by atoms with Crippen LogP contribution in [0.3, 0.4) is 0 Å². The van der Waals surface area contributed by atoms with E-state index in [1.807, 2.05) is 24.0 Å². The topological polar surface area (TPSA) is 66.5 Å². The lowest BCUT2D eigenvalue weighted by Gasteiger charge is -2.41. The number of carbonyl (C=O) groups is 1. The first-order valence-corrected chi connectivity index (χ1v) is 11.9. The van der Waals surface area contributed by atoms with Crippen LogP contribution in [0.1, 0.15) is 48.0 Å². The number of anilines is 1. The summed E-state index contributed by atoms with van der Waals surface area (Å²) in [5.74, 6) is 1.27. The zero-order chi connectivity index (χ0) is 20.4. The minimum atomic E-state index is -3.76. The number of rotatable bonds is 4. The molecule has 0 spiro atoms. The molecular formula is C23H28N2O3S. The summed E-state index contributed by atoms with van der Waals surface area (Å²) in [6.45, 7) is 3.47. The van der Waals surface area contributed by atoms with Gasteiger partial charge in [-0.25, -0.2) is 8.42 Å². The second-order valence-corrected chi connectivity index (χ2v) is 10.0. The van der Waals surface area contributed by atoms with Gasteiger partial charge in [0.2, 0.25) is 0 Å². The SMILES string of the molecule is Cc1cccc(NS(=O)(=O)c2cccc(C(=O)N3CC[C@@H]4CCCC[C@@H]4C3)c2)c1. The van der Waals surface area contributed by atoms with Gasteiger partial charge in [0.05, 0.1) is 4.90 Å². The van der Waals surface area contributed by atoms with Gasteiger partial charge in [-0.1, -0.05) is 37.5 Å². The number of benzene rings is 2. The lowest BCUT2D eigenvalue weighted by Crippen LogP contribution is -2.44. The summed E-state index contributed by atoms with van der Waals surface area (Å²) >= 11 is 0. The van der Waals surface area contributed by atoms with Crippen LogP contribution < -0.4 is 4.72 Å². The fourth-order valence-electron chi connectivity index (χ4n) is 4.69. The van der Waals surface area contributed by atoms with Crippen LogP contribution in [0.25, 0.3) is 0 Å². The molecule has 1 heterocycles. The van der Waals surface area contributed by atoms with Gasteiger partial charge in [-0.15, -0.1) is 0 Å². The van der Waals surface area contributed by atoms with E-state index < -0.39 is 10.0 Å². The Bertz CT molecular complexity index is 1000. The molecule has 2 aliphatic rings. The highest BCUT2D eigenvalue weighted by Gasteiger charge is 2.33. The molecule has 4 rings (SSSR count). The summed E-state index contributed by atoms with van der Waals surface area (Å²) in [5.41, 5.74) is 1.92. The van der Waals surface area contributed by atoms with Gasteiger partial charge < -0.3 is 4.90 Å². The lowest BCUT2D eigenvalue weighted by atomic mass is 9.75. The number of amides is 1. The van der Waals surface area contributed by atoms with Gasteiger partial charge in [-0.05, 0) is 67.5 Å². The third kappa shape index (κ3) is 4.47. The largest absolute Gasteiger partial charge is 0.338 e. The number of fused-ring (bicyclic) bond motifs is 1. The maximum Gasteiger partial charge on any atom is 0.261 e. The van der Waals surface area contributed by atoms with Crippen LogP contribution in [-0.4, -0.2) is 32.3 Å². The highest BCUT2D eigenvalue weighted by atomic mass is 32.2. The average molecular weight is 413 g/mol. The van der Waals surface area contributed by atoms with Crippen LogP contribution in [0, 0.1) is 18.8 Å². The number of hydrogen-bond acceptors (Lipinski definition) is 3. The first-order valence-electron chi connectivity index (χ1n) is 10.4. The average Bonchev–Trinajstić information content (AvgIpc) is 2.72. The number of likely N-dealkylation sites (tertiary alicyclic amines) is 1. The van der Waals surface area contributed by atoms with Crippen LogP contribution in [0.15, 0.2) is 53.4 Å². The Morgan fingerprint density at radius 3 is 2.55 bits per heavy atom. The monoisotopic (exact) mass is 412 g/mol. The third-order valence-corrected chi connectivity index (χ3v) is 7.62. The van der Waals surface area contributed by atoms with Gasteiger partial charge in [-0.2, -0.15) is 0 Å². The molecule has 2 atom stereocenters. The molecular weight excluding hydrogens is 384 g/mol. The van der Waals surface area contributed by atoms with Gasteiger partial charge in [-0.3, -0.25) is 9.52 Å². The fourth-order valence-corrected chi connectivity index (χ4v) is 5.78. The van der Waals surface area contributed by atoms with E-state index in [1.165, 1.54) is 37.8 Å². The molecule has 154 valence electrons. The molecule has 0 bridgehead atoms. The number of hydrogen-bond donors (Lipinski definition) is 1. The molecule has 29 heavy (non-hydrogen) atoms. The van der Waals surface area contributed by atoms with E-state index >= 15 is 0 Å². The van der Waals surface area contributed by atoms with Crippen molar-refractivity contribution in [3.63, 3.8) is 0 Å². The Morgan fingerprint density at radius 2 is 1.76 bits per heavy atom. The normalized spacial score (nSPS) is 22.0. The van der Waals surface area contributed by atoms with E-state index in [1.54, 1.807) is 24.3 Å². The number of nitrogens with one attached hydrogen (secondary N) is 1. The van der Waals surface area contributed by atoms with Gasteiger partial charge in [0.15, 0.2) is 0 Å². The van der Waals surface area contributed by atoms with Crippen molar-refractivity contribution in [1.29, 1.82) is 0 Å². The molecule has 1 aliphatic heterocycles. The van der Waals surface area contributed by atoms with Crippen molar-refractivity contribution < 1.29 is 13.2 Å². The van der Waals surface area contributed by atoms with Crippen LogP contribution in [0.4, 0.5) is 5.69 Å². The molecule has 5 nitrogen and oxygen atoms in total. The van der Waals surface area contributed by atoms with Crippen molar-refractivity contribution in [1.82, 2.24) is 4.90 Å². The summed E-state index contributed by atoms with van der Waals surface area (Å²) in [6, 6.07) is 13.6. The van der Waals surface area contributed by atoms with Crippen LogP contribution in [0.5, 0.6) is 0 Å². The highest BCUT2D eigenvalue weighted by Crippen LogP contribution is 2.36. The van der Waals surface area contributed by atoms with Gasteiger partial charge >= 0.3 is 0 Å². The van der Waals surface area contributed by atoms with E-state index in [-0.39, 0.29) is 10.8 Å². The molecule has 1 saturated heterocycles. The Balaban J connectivity index is 1.51. The van der Waals surface area contributed by atoms with E-state index in [0.717, 1.165) is 31.0 Å². The van der Waals surface area contributed by atoms with Crippen LogP contribution in [0.2, 0.25) is 0 Å². The Hall–Kier alpha value is -2.34. The first-order chi connectivity index (χ1) is 13.9. The highest BCUT2D eigenvalue weighted by molar-refractivity contribution is 7.92. The van der Waals surface area contributed by atoms with Crippen molar-refractivity contribution in [3.8, 4) is 0 Å². The zero-order valence-corrected chi connectivity index (χ0v) is 17.6.